The van der Waals surface area contributed by atoms with E-state index in [1.165, 1.54) is 0 Å². The van der Waals surface area contributed by atoms with E-state index in [1.807, 2.05) is 0 Å². The number of rotatable bonds is 3. The molecule has 0 aliphatic carbocycles. The van der Waals surface area contributed by atoms with E-state index in [4.69, 9.17) is 28.9 Å². The molecule has 1 amide bonds. The van der Waals surface area contributed by atoms with E-state index in [0.717, 1.165) is 5.56 Å². The quantitative estimate of drug-likeness (QED) is 0.875. The molecule has 0 saturated carbocycles. The van der Waals surface area contributed by atoms with Crippen molar-refractivity contribution in [1.29, 1.82) is 0 Å². The van der Waals surface area contributed by atoms with Crippen molar-refractivity contribution in [2.24, 2.45) is 0 Å². The highest BCUT2D eigenvalue weighted by Gasteiger charge is 2.15. The van der Waals surface area contributed by atoms with Gasteiger partial charge < -0.3 is 10.6 Å². The molecule has 104 valence electrons. The number of hydrogen-bond acceptors (Lipinski definition) is 2. The molecule has 2 aromatic carbocycles. The maximum absolute atomic E-state index is 12.3. The molecular formula is C15H14Cl2N2O. The topological polar surface area (TPSA) is 46.3 Å². The standard InChI is InChI=1S/C15H14Cl2N2O/c1-19(9-10-8-11(18)6-7-13(10)16)15(20)12-4-2-3-5-14(12)17/h2-8H,9,18H2,1H3. The van der Waals surface area contributed by atoms with Crippen molar-refractivity contribution in [3.8, 4) is 0 Å². The molecule has 0 atom stereocenters. The Bertz CT molecular complexity index is 644. The molecule has 0 heterocycles. The minimum Gasteiger partial charge on any atom is -0.399 e. The molecule has 2 rings (SSSR count). The third-order valence-electron chi connectivity index (χ3n) is 2.93. The number of anilines is 1. The molecular weight excluding hydrogens is 295 g/mol. The molecule has 0 saturated heterocycles. The Morgan fingerprint density at radius 3 is 2.55 bits per heavy atom. The monoisotopic (exact) mass is 308 g/mol. The van der Waals surface area contributed by atoms with Gasteiger partial charge in [-0.1, -0.05) is 35.3 Å². The molecule has 0 spiro atoms. The van der Waals surface area contributed by atoms with Crippen LogP contribution in [0, 0.1) is 0 Å². The van der Waals surface area contributed by atoms with Crippen molar-refractivity contribution in [3.63, 3.8) is 0 Å². The van der Waals surface area contributed by atoms with Crippen LogP contribution in [0.25, 0.3) is 0 Å². The van der Waals surface area contributed by atoms with E-state index in [2.05, 4.69) is 0 Å². The molecule has 0 aliphatic rings. The van der Waals surface area contributed by atoms with Crippen molar-refractivity contribution >= 4 is 34.8 Å². The van der Waals surface area contributed by atoms with Crippen molar-refractivity contribution in [2.75, 3.05) is 12.8 Å². The number of amides is 1. The smallest absolute Gasteiger partial charge is 0.255 e. The molecule has 0 unspecified atom stereocenters. The zero-order valence-electron chi connectivity index (χ0n) is 10.9. The first kappa shape index (κ1) is 14.7. The minimum absolute atomic E-state index is 0.158. The van der Waals surface area contributed by atoms with Crippen molar-refractivity contribution in [2.45, 2.75) is 6.54 Å². The number of halogens is 2. The maximum atomic E-state index is 12.3. The summed E-state index contributed by atoms with van der Waals surface area (Å²) in [4.78, 5) is 13.9. The zero-order valence-corrected chi connectivity index (χ0v) is 12.4. The zero-order chi connectivity index (χ0) is 14.7. The summed E-state index contributed by atoms with van der Waals surface area (Å²) in [6.07, 6.45) is 0. The number of carbonyl (C=O) groups excluding carboxylic acids is 1. The second kappa shape index (κ2) is 6.16. The second-order valence-corrected chi connectivity index (χ2v) is 5.31. The van der Waals surface area contributed by atoms with E-state index >= 15 is 0 Å². The highest BCUT2D eigenvalue weighted by Crippen LogP contribution is 2.22. The lowest BCUT2D eigenvalue weighted by Gasteiger charge is -2.19. The van der Waals surface area contributed by atoms with Crippen LogP contribution in [0.2, 0.25) is 10.0 Å². The minimum atomic E-state index is -0.158. The first-order chi connectivity index (χ1) is 9.49. The van der Waals surface area contributed by atoms with Gasteiger partial charge in [0.05, 0.1) is 10.6 Å². The molecule has 5 heteroatoms. The molecule has 2 aromatic rings. The van der Waals surface area contributed by atoms with Crippen LogP contribution in [0.3, 0.4) is 0 Å². The summed E-state index contributed by atoms with van der Waals surface area (Å²) in [5.74, 6) is -0.158. The third kappa shape index (κ3) is 3.24. The molecule has 0 aliphatic heterocycles. The number of nitrogens with zero attached hydrogens (tertiary/aromatic N) is 1. The van der Waals surface area contributed by atoms with Gasteiger partial charge in [-0.25, -0.2) is 0 Å². The Kier molecular flexibility index (Phi) is 4.53. The average Bonchev–Trinajstić information content (AvgIpc) is 2.42. The van der Waals surface area contributed by atoms with Crippen molar-refractivity contribution in [3.05, 3.63) is 63.6 Å². The molecule has 0 fully saturated rings. The fraction of sp³-hybridized carbons (Fsp3) is 0.133. The van der Waals surface area contributed by atoms with E-state index in [9.17, 15) is 4.79 Å². The van der Waals surface area contributed by atoms with Crippen LogP contribution < -0.4 is 5.73 Å². The van der Waals surface area contributed by atoms with Crippen LogP contribution in [-0.4, -0.2) is 17.9 Å². The Morgan fingerprint density at radius 2 is 1.85 bits per heavy atom. The maximum Gasteiger partial charge on any atom is 0.255 e. The molecule has 20 heavy (non-hydrogen) atoms. The summed E-state index contributed by atoms with van der Waals surface area (Å²) in [6, 6.07) is 12.2. The van der Waals surface area contributed by atoms with Gasteiger partial charge in [-0.3, -0.25) is 4.79 Å². The van der Waals surface area contributed by atoms with Crippen molar-refractivity contribution < 1.29 is 4.79 Å². The first-order valence-corrected chi connectivity index (χ1v) is 6.78. The summed E-state index contributed by atoms with van der Waals surface area (Å²) in [6.45, 7) is 0.369. The van der Waals surface area contributed by atoms with Gasteiger partial charge in [0, 0.05) is 24.3 Å². The van der Waals surface area contributed by atoms with Gasteiger partial charge in [0.25, 0.3) is 5.91 Å². The summed E-state index contributed by atoms with van der Waals surface area (Å²) >= 11 is 12.1. The van der Waals surface area contributed by atoms with Crippen LogP contribution in [0.1, 0.15) is 15.9 Å². The summed E-state index contributed by atoms with van der Waals surface area (Å²) in [7, 11) is 1.70. The van der Waals surface area contributed by atoms with Gasteiger partial charge >= 0.3 is 0 Å². The van der Waals surface area contributed by atoms with E-state index in [0.29, 0.717) is 27.8 Å². The van der Waals surface area contributed by atoms with Crippen LogP contribution >= 0.6 is 23.2 Å². The Labute approximate surface area is 127 Å². The second-order valence-electron chi connectivity index (χ2n) is 4.49. The predicted octanol–water partition coefficient (Wildman–Crippen LogP) is 3.85. The highest BCUT2D eigenvalue weighted by molar-refractivity contribution is 6.33. The van der Waals surface area contributed by atoms with Crippen LogP contribution in [0.15, 0.2) is 42.5 Å². The Hall–Kier alpha value is -1.71. The molecule has 0 radical (unpaired) electrons. The van der Waals surface area contributed by atoms with Gasteiger partial charge in [-0.05, 0) is 35.9 Å². The Balaban J connectivity index is 2.20. The van der Waals surface area contributed by atoms with Crippen LogP contribution in [-0.2, 0) is 6.54 Å². The lowest BCUT2D eigenvalue weighted by Crippen LogP contribution is -2.26. The van der Waals surface area contributed by atoms with Gasteiger partial charge in [-0.2, -0.15) is 0 Å². The summed E-state index contributed by atoms with van der Waals surface area (Å²) in [5.41, 5.74) is 7.61. The van der Waals surface area contributed by atoms with E-state index < -0.39 is 0 Å². The first-order valence-electron chi connectivity index (χ1n) is 6.03. The van der Waals surface area contributed by atoms with Gasteiger partial charge in [-0.15, -0.1) is 0 Å². The summed E-state index contributed by atoms with van der Waals surface area (Å²) in [5, 5.41) is 1.01. The highest BCUT2D eigenvalue weighted by atomic mass is 35.5. The fourth-order valence-electron chi connectivity index (χ4n) is 1.88. The SMILES string of the molecule is CN(Cc1cc(N)ccc1Cl)C(=O)c1ccccc1Cl. The number of carbonyl (C=O) groups is 1. The van der Waals surface area contributed by atoms with Gasteiger partial charge in [0.15, 0.2) is 0 Å². The van der Waals surface area contributed by atoms with Gasteiger partial charge in [0.1, 0.15) is 0 Å². The summed E-state index contributed by atoms with van der Waals surface area (Å²) < 4.78 is 0. The lowest BCUT2D eigenvalue weighted by molar-refractivity contribution is 0.0785. The lowest BCUT2D eigenvalue weighted by atomic mass is 10.1. The largest absolute Gasteiger partial charge is 0.399 e. The number of nitrogen functional groups attached to an aromatic ring is 1. The fourth-order valence-corrected chi connectivity index (χ4v) is 2.28. The number of nitrogens with two attached hydrogens (primary N) is 1. The van der Waals surface area contributed by atoms with E-state index in [-0.39, 0.29) is 5.91 Å². The molecule has 2 N–H and O–H groups in total. The number of hydrogen-bond donors (Lipinski definition) is 1. The van der Waals surface area contributed by atoms with Crippen LogP contribution in [0.4, 0.5) is 5.69 Å². The van der Waals surface area contributed by atoms with E-state index in [1.54, 1.807) is 54.4 Å². The molecule has 3 nitrogen and oxygen atoms in total. The van der Waals surface area contributed by atoms with Gasteiger partial charge in [0.2, 0.25) is 0 Å². The van der Waals surface area contributed by atoms with Crippen molar-refractivity contribution in [1.82, 2.24) is 4.90 Å². The molecule has 0 aromatic heterocycles. The Morgan fingerprint density at radius 1 is 1.15 bits per heavy atom. The predicted molar refractivity (Wildman–Crippen MR) is 83.1 cm³/mol. The number of benzene rings is 2. The molecule has 0 bridgehead atoms. The van der Waals surface area contributed by atoms with Crippen LogP contribution in [0.5, 0.6) is 0 Å². The normalized spacial score (nSPS) is 10.3. The average molecular weight is 309 g/mol. The third-order valence-corrected chi connectivity index (χ3v) is 3.63.